The van der Waals surface area contributed by atoms with E-state index in [0.717, 1.165) is 66.7 Å². The summed E-state index contributed by atoms with van der Waals surface area (Å²) in [7, 11) is 0. The highest BCUT2D eigenvalue weighted by atomic mass is 32.1. The van der Waals surface area contributed by atoms with Gasteiger partial charge in [0.15, 0.2) is 28.8 Å². The summed E-state index contributed by atoms with van der Waals surface area (Å²) in [6.07, 6.45) is 8.96. The van der Waals surface area contributed by atoms with Gasteiger partial charge in [0.05, 0.1) is 23.8 Å². The molecule has 2 aliphatic rings. The van der Waals surface area contributed by atoms with Crippen molar-refractivity contribution in [2.45, 2.75) is 52.0 Å². The van der Waals surface area contributed by atoms with E-state index in [-0.39, 0.29) is 29.1 Å². The number of carbonyl (C=O) groups is 3. The Bertz CT molecular complexity index is 1850. The molecule has 2 atom stereocenters. The largest absolute Gasteiger partial charge is 0.364 e. The Hall–Kier alpha value is -5.07. The van der Waals surface area contributed by atoms with Crippen molar-refractivity contribution in [3.63, 3.8) is 0 Å². The minimum atomic E-state index is -0.647. The number of aryl methyl sites for hydroxylation is 2. The van der Waals surface area contributed by atoms with Crippen molar-refractivity contribution in [1.82, 2.24) is 28.7 Å². The summed E-state index contributed by atoms with van der Waals surface area (Å²) in [6, 6.07) is 3.87. The average molecular weight is 720 g/mol. The standard InChI is InChI=1S/C18H22N6O2S.C14H19N7OS/c1-3-13(25)8-12-5-4-6-24(10-12)14-9-20-16(17(19)26)18(21-14)22-15-7-11(2)23-27-15;1-8-5-11(23-20-8)19-14-12(13(16)22)17-6-10(18-14)21-4-2-3-9(15)7-21/h3,7,9,12H,1,4-6,8,10H2,2H3,(H2,19,26)(H,21,22);5-6,9H,2-4,7,15H2,1H3,(H2,16,22)(H,18,19)/t12-;9-/m10/s1. The van der Waals surface area contributed by atoms with Crippen molar-refractivity contribution < 1.29 is 14.4 Å². The maximum absolute atomic E-state index is 11.7. The number of ketones is 1. The van der Waals surface area contributed by atoms with Crippen molar-refractivity contribution in [3.8, 4) is 0 Å². The minimum Gasteiger partial charge on any atom is -0.364 e. The topological polar surface area (TPSA) is 237 Å². The number of primary amides is 2. The molecule has 2 saturated heterocycles. The maximum atomic E-state index is 11.7. The molecule has 0 radical (unpaired) electrons. The van der Waals surface area contributed by atoms with E-state index < -0.39 is 11.8 Å². The molecule has 0 aromatic carbocycles. The molecular weight excluding hydrogens is 679 g/mol. The number of amides is 2. The van der Waals surface area contributed by atoms with Gasteiger partial charge in [-0.25, -0.2) is 19.9 Å². The first-order valence-electron chi connectivity index (χ1n) is 16.1. The van der Waals surface area contributed by atoms with Crippen LogP contribution in [0.25, 0.3) is 0 Å². The van der Waals surface area contributed by atoms with Gasteiger partial charge in [0.25, 0.3) is 11.8 Å². The van der Waals surface area contributed by atoms with Crippen LogP contribution in [0.4, 0.5) is 33.3 Å². The number of aromatic nitrogens is 6. The van der Waals surface area contributed by atoms with E-state index in [2.05, 4.69) is 55.7 Å². The first-order valence-corrected chi connectivity index (χ1v) is 17.7. The third-order valence-corrected chi connectivity index (χ3v) is 9.66. The van der Waals surface area contributed by atoms with Gasteiger partial charge in [-0.3, -0.25) is 14.4 Å². The summed E-state index contributed by atoms with van der Waals surface area (Å²) in [5, 5.41) is 7.73. The number of nitrogens with two attached hydrogens (primary N) is 3. The Labute approximate surface area is 297 Å². The molecule has 0 bridgehead atoms. The number of piperidine rings is 2. The van der Waals surface area contributed by atoms with Gasteiger partial charge in [-0.05, 0) is 86.7 Å². The molecule has 0 saturated carbocycles. The molecule has 18 heteroatoms. The van der Waals surface area contributed by atoms with Crippen LogP contribution in [0.2, 0.25) is 0 Å². The van der Waals surface area contributed by atoms with Crippen molar-refractivity contribution in [1.29, 1.82) is 0 Å². The molecule has 0 aliphatic carbocycles. The Kier molecular flexibility index (Phi) is 12.0. The van der Waals surface area contributed by atoms with Crippen LogP contribution >= 0.6 is 23.1 Å². The Morgan fingerprint density at radius 1 is 0.860 bits per heavy atom. The fourth-order valence-corrected chi connectivity index (χ4v) is 7.02. The van der Waals surface area contributed by atoms with Crippen LogP contribution in [0.3, 0.4) is 0 Å². The number of hydrogen-bond donors (Lipinski definition) is 5. The lowest BCUT2D eigenvalue weighted by Crippen LogP contribution is -2.43. The lowest BCUT2D eigenvalue weighted by Gasteiger charge is -2.33. The van der Waals surface area contributed by atoms with Gasteiger partial charge in [-0.15, -0.1) is 0 Å². The summed E-state index contributed by atoms with van der Waals surface area (Å²) >= 11 is 2.57. The first kappa shape index (κ1) is 36.2. The van der Waals surface area contributed by atoms with Gasteiger partial charge < -0.3 is 37.6 Å². The second-order valence-electron chi connectivity index (χ2n) is 12.2. The van der Waals surface area contributed by atoms with Gasteiger partial charge in [0, 0.05) is 38.6 Å². The van der Waals surface area contributed by atoms with Crippen LogP contribution < -0.4 is 37.6 Å². The van der Waals surface area contributed by atoms with E-state index in [9.17, 15) is 14.4 Å². The number of nitrogens with one attached hydrogen (secondary N) is 2. The molecular formula is C32H41N13O3S2. The first-order chi connectivity index (χ1) is 24.0. The molecule has 264 valence electrons. The maximum Gasteiger partial charge on any atom is 0.271 e. The van der Waals surface area contributed by atoms with Crippen molar-refractivity contribution >= 4 is 73.9 Å². The molecule has 50 heavy (non-hydrogen) atoms. The Morgan fingerprint density at radius 2 is 1.36 bits per heavy atom. The van der Waals surface area contributed by atoms with Crippen LogP contribution in [0.5, 0.6) is 0 Å². The van der Waals surface area contributed by atoms with Gasteiger partial charge in [-0.2, -0.15) is 8.75 Å². The molecule has 4 aromatic rings. The smallest absolute Gasteiger partial charge is 0.271 e. The summed E-state index contributed by atoms with van der Waals surface area (Å²) in [4.78, 5) is 56.7. The van der Waals surface area contributed by atoms with Crippen LogP contribution in [0, 0.1) is 19.8 Å². The lowest BCUT2D eigenvalue weighted by molar-refractivity contribution is -0.115. The summed E-state index contributed by atoms with van der Waals surface area (Å²) in [5.41, 5.74) is 18.8. The quantitative estimate of drug-likeness (QED) is 0.140. The van der Waals surface area contributed by atoms with Gasteiger partial charge in [-0.1, -0.05) is 6.58 Å². The fraction of sp³-hybridized carbons (Fsp3) is 0.406. The molecule has 4 aromatic heterocycles. The number of rotatable bonds is 11. The second-order valence-corrected chi connectivity index (χ2v) is 13.8. The molecule has 0 unspecified atom stereocenters. The van der Waals surface area contributed by atoms with Crippen LogP contribution in [-0.4, -0.2) is 78.5 Å². The molecule has 0 spiro atoms. The van der Waals surface area contributed by atoms with Crippen molar-refractivity contribution in [2.24, 2.45) is 23.1 Å². The normalized spacial score (nSPS) is 17.3. The van der Waals surface area contributed by atoms with E-state index >= 15 is 0 Å². The molecule has 6 rings (SSSR count). The van der Waals surface area contributed by atoms with E-state index in [0.29, 0.717) is 36.2 Å². The van der Waals surface area contributed by atoms with Crippen molar-refractivity contribution in [3.05, 3.63) is 60.0 Å². The zero-order valence-corrected chi connectivity index (χ0v) is 29.6. The molecule has 2 amide bonds. The SMILES string of the molecule is C=CC(=O)C[C@H]1CCCN(c2cnc(C(N)=O)c(Nc3cc(C)ns3)n2)C1.Cc1cc(Nc2nc(N3CCC[C@H](N)C3)cnc2C(N)=O)sn1. The minimum absolute atomic E-state index is 0.0555. The molecule has 16 nitrogen and oxygen atoms in total. The van der Waals surface area contributed by atoms with Crippen LogP contribution in [-0.2, 0) is 4.79 Å². The highest BCUT2D eigenvalue weighted by molar-refractivity contribution is 7.10. The Balaban J connectivity index is 0.000000197. The van der Waals surface area contributed by atoms with E-state index in [1.807, 2.05) is 26.0 Å². The second kappa shape index (κ2) is 16.6. The predicted octanol–water partition coefficient (Wildman–Crippen LogP) is 3.46. The van der Waals surface area contributed by atoms with Gasteiger partial charge >= 0.3 is 0 Å². The monoisotopic (exact) mass is 719 g/mol. The van der Waals surface area contributed by atoms with Crippen LogP contribution in [0.1, 0.15) is 64.5 Å². The zero-order valence-electron chi connectivity index (χ0n) is 28.0. The number of nitrogens with zero attached hydrogens (tertiary/aromatic N) is 8. The van der Waals surface area contributed by atoms with Gasteiger partial charge in [0.1, 0.15) is 21.6 Å². The number of carbonyl (C=O) groups excluding carboxylic acids is 3. The summed E-state index contributed by atoms with van der Waals surface area (Å²) in [6.45, 7) is 10.5. The zero-order chi connectivity index (χ0) is 35.8. The van der Waals surface area contributed by atoms with Crippen LogP contribution in [0.15, 0.2) is 37.2 Å². The lowest BCUT2D eigenvalue weighted by atomic mass is 9.93. The number of hydrogen-bond acceptors (Lipinski definition) is 16. The van der Waals surface area contributed by atoms with Gasteiger partial charge in [0.2, 0.25) is 0 Å². The average Bonchev–Trinajstić information content (AvgIpc) is 3.71. The fourth-order valence-electron chi connectivity index (χ4n) is 5.70. The highest BCUT2D eigenvalue weighted by Crippen LogP contribution is 2.28. The summed E-state index contributed by atoms with van der Waals surface area (Å²) in [5.74, 6) is 1.04. The predicted molar refractivity (Wildman–Crippen MR) is 196 cm³/mol. The highest BCUT2D eigenvalue weighted by Gasteiger charge is 2.25. The number of anilines is 6. The summed E-state index contributed by atoms with van der Waals surface area (Å²) < 4.78 is 8.41. The van der Waals surface area contributed by atoms with E-state index in [4.69, 9.17) is 17.2 Å². The Morgan fingerprint density at radius 3 is 1.80 bits per heavy atom. The third kappa shape index (κ3) is 9.54. The van der Waals surface area contributed by atoms with E-state index in [1.165, 1.54) is 29.1 Å². The molecule has 2 aliphatic heterocycles. The number of allylic oxidation sites excluding steroid dienone is 1. The third-order valence-electron chi connectivity index (χ3n) is 8.07. The molecule has 6 heterocycles. The van der Waals surface area contributed by atoms with Crippen molar-refractivity contribution in [2.75, 3.05) is 46.6 Å². The van der Waals surface area contributed by atoms with E-state index in [1.54, 1.807) is 12.4 Å². The molecule has 8 N–H and O–H groups in total. The molecule has 2 fully saturated rings.